The van der Waals surface area contributed by atoms with E-state index in [-0.39, 0.29) is 11.7 Å². The van der Waals surface area contributed by atoms with Gasteiger partial charge >= 0.3 is 0 Å². The van der Waals surface area contributed by atoms with Crippen LogP contribution in [0, 0.1) is 13.8 Å². The molecule has 2 aromatic heterocycles. The van der Waals surface area contributed by atoms with Crippen molar-refractivity contribution in [3.63, 3.8) is 0 Å². The first-order valence-electron chi connectivity index (χ1n) is 5.91. The zero-order valence-corrected chi connectivity index (χ0v) is 13.7. The lowest BCUT2D eigenvalue weighted by molar-refractivity contribution is -0.113. The van der Waals surface area contributed by atoms with E-state index in [0.717, 1.165) is 21.5 Å². The maximum atomic E-state index is 11.8. The van der Waals surface area contributed by atoms with Crippen LogP contribution in [0.25, 0.3) is 0 Å². The largest absolute Gasteiger partial charge is 0.437 e. The molecule has 6 nitrogen and oxygen atoms in total. The van der Waals surface area contributed by atoms with Crippen molar-refractivity contribution >= 4 is 45.9 Å². The Hall–Kier alpha value is -1.06. The summed E-state index contributed by atoms with van der Waals surface area (Å²) in [6, 6.07) is 0. The van der Waals surface area contributed by atoms with Crippen LogP contribution in [0.3, 0.4) is 0 Å². The Kier molecular flexibility index (Phi) is 5.44. The van der Waals surface area contributed by atoms with Crippen molar-refractivity contribution in [2.75, 3.05) is 16.8 Å². The standard InChI is InChI=1S/C11H14N4O2S3/c1-4-18-11-15-14-9(20-11)13-8(16)5-19-10-12-6(2)7(3)17-10/h4-5H2,1-3H3,(H,13,14,16). The zero-order valence-electron chi connectivity index (χ0n) is 11.3. The number of thioether (sulfide) groups is 2. The van der Waals surface area contributed by atoms with Gasteiger partial charge in [-0.15, -0.1) is 10.2 Å². The molecule has 0 bridgehead atoms. The second-order valence-corrected chi connectivity index (χ2v) is 7.18. The summed E-state index contributed by atoms with van der Waals surface area (Å²) < 4.78 is 6.25. The van der Waals surface area contributed by atoms with Gasteiger partial charge in [-0.25, -0.2) is 4.98 Å². The van der Waals surface area contributed by atoms with Gasteiger partial charge in [0, 0.05) is 0 Å². The minimum atomic E-state index is -0.146. The molecule has 2 heterocycles. The molecule has 1 amide bonds. The van der Waals surface area contributed by atoms with Gasteiger partial charge in [-0.3, -0.25) is 10.1 Å². The number of carbonyl (C=O) groups excluding carboxylic acids is 1. The molecule has 0 unspecified atom stereocenters. The van der Waals surface area contributed by atoms with Crippen molar-refractivity contribution in [2.24, 2.45) is 0 Å². The molecule has 0 saturated heterocycles. The first-order valence-corrected chi connectivity index (χ1v) is 8.70. The van der Waals surface area contributed by atoms with Crippen LogP contribution in [0.5, 0.6) is 0 Å². The van der Waals surface area contributed by atoms with Gasteiger partial charge in [-0.1, -0.05) is 41.8 Å². The number of rotatable bonds is 6. The third kappa shape index (κ3) is 4.22. The lowest BCUT2D eigenvalue weighted by Gasteiger charge is -1.98. The fourth-order valence-electron chi connectivity index (χ4n) is 1.23. The van der Waals surface area contributed by atoms with Crippen molar-refractivity contribution in [2.45, 2.75) is 30.3 Å². The topological polar surface area (TPSA) is 80.9 Å². The summed E-state index contributed by atoms with van der Waals surface area (Å²) in [4.78, 5) is 16.0. The van der Waals surface area contributed by atoms with Gasteiger partial charge in [0.25, 0.3) is 5.22 Å². The Morgan fingerprint density at radius 2 is 2.15 bits per heavy atom. The molecule has 0 saturated carbocycles. The van der Waals surface area contributed by atoms with Gasteiger partial charge in [0.2, 0.25) is 11.0 Å². The molecule has 2 rings (SSSR count). The fraction of sp³-hybridized carbons (Fsp3) is 0.455. The summed E-state index contributed by atoms with van der Waals surface area (Å²) in [7, 11) is 0. The molecule has 0 atom stereocenters. The highest BCUT2D eigenvalue weighted by molar-refractivity contribution is 8.01. The Morgan fingerprint density at radius 1 is 1.35 bits per heavy atom. The van der Waals surface area contributed by atoms with E-state index in [4.69, 9.17) is 4.42 Å². The maximum Gasteiger partial charge on any atom is 0.256 e. The zero-order chi connectivity index (χ0) is 14.5. The van der Waals surface area contributed by atoms with Crippen LogP contribution in [0.2, 0.25) is 0 Å². The highest BCUT2D eigenvalue weighted by Gasteiger charge is 2.11. The van der Waals surface area contributed by atoms with Gasteiger partial charge < -0.3 is 4.42 Å². The van der Waals surface area contributed by atoms with Gasteiger partial charge in [0.1, 0.15) is 5.76 Å². The molecular formula is C11H14N4O2S3. The quantitative estimate of drug-likeness (QED) is 0.644. The second-order valence-electron chi connectivity index (χ2n) is 3.76. The van der Waals surface area contributed by atoms with Crippen molar-refractivity contribution in [1.82, 2.24) is 15.2 Å². The molecule has 2 aromatic rings. The van der Waals surface area contributed by atoms with Crippen molar-refractivity contribution in [1.29, 1.82) is 0 Å². The number of hydrogen-bond donors (Lipinski definition) is 1. The molecule has 0 fully saturated rings. The minimum absolute atomic E-state index is 0.146. The number of anilines is 1. The van der Waals surface area contributed by atoms with E-state index in [0.29, 0.717) is 10.4 Å². The first kappa shape index (κ1) is 15.3. The molecule has 9 heteroatoms. The van der Waals surface area contributed by atoms with Crippen LogP contribution in [-0.2, 0) is 4.79 Å². The van der Waals surface area contributed by atoms with E-state index in [9.17, 15) is 4.79 Å². The number of hydrogen-bond acceptors (Lipinski definition) is 8. The Labute approximate surface area is 129 Å². The number of aryl methyl sites for hydroxylation is 2. The minimum Gasteiger partial charge on any atom is -0.437 e. The van der Waals surface area contributed by atoms with Gasteiger partial charge in [-0.05, 0) is 19.6 Å². The average Bonchev–Trinajstić information content (AvgIpc) is 2.96. The number of amides is 1. The molecule has 0 radical (unpaired) electrons. The van der Waals surface area contributed by atoms with E-state index in [1.54, 1.807) is 11.8 Å². The molecule has 0 aliphatic heterocycles. The number of carbonyl (C=O) groups is 1. The van der Waals surface area contributed by atoms with E-state index < -0.39 is 0 Å². The van der Waals surface area contributed by atoms with E-state index in [2.05, 4.69) is 20.5 Å². The van der Waals surface area contributed by atoms with Crippen LogP contribution in [0.4, 0.5) is 5.13 Å². The monoisotopic (exact) mass is 330 g/mol. The van der Waals surface area contributed by atoms with E-state index >= 15 is 0 Å². The number of nitrogens with zero attached hydrogens (tertiary/aromatic N) is 3. The summed E-state index contributed by atoms with van der Waals surface area (Å²) in [5, 5.41) is 11.6. The van der Waals surface area contributed by atoms with Crippen molar-refractivity contribution in [3.8, 4) is 0 Å². The molecule has 1 N–H and O–H groups in total. The predicted molar refractivity (Wildman–Crippen MR) is 81.6 cm³/mol. The molecule has 0 aromatic carbocycles. The highest BCUT2D eigenvalue weighted by Crippen LogP contribution is 2.25. The summed E-state index contributed by atoms with van der Waals surface area (Å²) >= 11 is 4.24. The molecule has 108 valence electrons. The summed E-state index contributed by atoms with van der Waals surface area (Å²) in [5.41, 5.74) is 0.846. The van der Waals surface area contributed by atoms with Crippen LogP contribution in [-0.4, -0.2) is 32.6 Å². The van der Waals surface area contributed by atoms with E-state index in [1.165, 1.54) is 23.1 Å². The number of aromatic nitrogens is 3. The van der Waals surface area contributed by atoms with Crippen molar-refractivity contribution < 1.29 is 9.21 Å². The van der Waals surface area contributed by atoms with Gasteiger partial charge in [-0.2, -0.15) is 0 Å². The lowest BCUT2D eigenvalue weighted by atomic mass is 10.4. The summed E-state index contributed by atoms with van der Waals surface area (Å²) in [6.45, 7) is 5.76. The Morgan fingerprint density at radius 3 is 2.80 bits per heavy atom. The molecule has 0 aliphatic rings. The highest BCUT2D eigenvalue weighted by atomic mass is 32.2. The summed E-state index contributed by atoms with van der Waals surface area (Å²) in [5.74, 6) is 1.79. The van der Waals surface area contributed by atoms with Crippen LogP contribution in [0.1, 0.15) is 18.4 Å². The van der Waals surface area contributed by atoms with Gasteiger partial charge in [0.05, 0.1) is 11.4 Å². The summed E-state index contributed by atoms with van der Waals surface area (Å²) in [6.07, 6.45) is 0. The maximum absolute atomic E-state index is 11.8. The smallest absolute Gasteiger partial charge is 0.256 e. The fourth-order valence-corrected chi connectivity index (χ4v) is 3.61. The van der Waals surface area contributed by atoms with Crippen LogP contribution >= 0.6 is 34.9 Å². The number of oxazole rings is 1. The SMILES string of the molecule is CCSc1nnc(NC(=O)CSc2nc(C)c(C)o2)s1. The Bertz CT molecular complexity index is 577. The van der Waals surface area contributed by atoms with Crippen LogP contribution in [0.15, 0.2) is 14.0 Å². The lowest BCUT2D eigenvalue weighted by Crippen LogP contribution is -2.13. The normalized spacial score (nSPS) is 10.8. The van der Waals surface area contributed by atoms with Gasteiger partial charge in [0.15, 0.2) is 4.34 Å². The molecular weight excluding hydrogens is 316 g/mol. The first-order chi connectivity index (χ1) is 9.58. The number of nitrogens with one attached hydrogen (secondary N) is 1. The third-order valence-electron chi connectivity index (χ3n) is 2.26. The Balaban J connectivity index is 1.82. The molecule has 0 spiro atoms. The second kappa shape index (κ2) is 7.09. The molecule has 0 aliphatic carbocycles. The third-order valence-corrected chi connectivity index (χ3v) is 4.94. The van der Waals surface area contributed by atoms with Crippen LogP contribution < -0.4 is 5.32 Å². The predicted octanol–water partition coefficient (Wildman–Crippen LogP) is 2.99. The van der Waals surface area contributed by atoms with Crippen molar-refractivity contribution in [3.05, 3.63) is 11.5 Å². The molecule has 20 heavy (non-hydrogen) atoms. The van der Waals surface area contributed by atoms with E-state index in [1.807, 2.05) is 20.8 Å². The average molecular weight is 330 g/mol.